The molecule has 1 aliphatic carbocycles. The maximum absolute atomic E-state index is 12.7. The van der Waals surface area contributed by atoms with Crippen LogP contribution in [0.3, 0.4) is 0 Å². The standard InChI is InChI=1S/C22H25N3O4S2/c1-3-29-21(28)18-14-9-8-12(2)10-16(14)31-20(18)24-17(26)11-30-22-23-15-7-5-4-6-13(15)19(27)25-22/h4-7,12,14,16H,3,8-11H2,1-2H3,(H,24,26)(H,23,25,27). The number of hydrogen-bond donors (Lipinski definition) is 2. The molecular weight excluding hydrogens is 434 g/mol. The summed E-state index contributed by atoms with van der Waals surface area (Å²) in [6.07, 6.45) is 3.03. The summed E-state index contributed by atoms with van der Waals surface area (Å²) in [6.45, 7) is 4.32. The molecule has 0 spiro atoms. The Morgan fingerprint density at radius 2 is 2.13 bits per heavy atom. The number of carbonyl (C=O) groups is 2. The van der Waals surface area contributed by atoms with Gasteiger partial charge in [-0.15, -0.1) is 11.8 Å². The fraction of sp³-hybridized carbons (Fsp3) is 0.455. The van der Waals surface area contributed by atoms with Gasteiger partial charge in [0.25, 0.3) is 5.56 Å². The largest absolute Gasteiger partial charge is 0.463 e. The number of aromatic amines is 1. The second-order valence-electron chi connectivity index (χ2n) is 7.87. The zero-order valence-corrected chi connectivity index (χ0v) is 19.1. The smallest absolute Gasteiger partial charge is 0.336 e. The normalized spacial score (nSPS) is 23.0. The maximum Gasteiger partial charge on any atom is 0.336 e. The number of benzene rings is 1. The minimum Gasteiger partial charge on any atom is -0.463 e. The van der Waals surface area contributed by atoms with E-state index in [1.165, 1.54) is 0 Å². The third-order valence-electron chi connectivity index (χ3n) is 5.62. The van der Waals surface area contributed by atoms with Crippen LogP contribution in [0.5, 0.6) is 0 Å². The number of esters is 1. The Kier molecular flexibility index (Phi) is 6.71. The van der Waals surface area contributed by atoms with Gasteiger partial charge in [-0.3, -0.25) is 9.59 Å². The minimum absolute atomic E-state index is 0.0766. The highest BCUT2D eigenvalue weighted by atomic mass is 32.2. The number of fused-ring (bicyclic) bond motifs is 2. The summed E-state index contributed by atoms with van der Waals surface area (Å²) in [5.41, 5.74) is 0.968. The van der Waals surface area contributed by atoms with E-state index >= 15 is 0 Å². The lowest BCUT2D eigenvalue weighted by atomic mass is 9.79. The van der Waals surface area contributed by atoms with Crippen LogP contribution in [0.15, 0.2) is 44.8 Å². The van der Waals surface area contributed by atoms with E-state index in [-0.39, 0.29) is 29.1 Å². The number of rotatable bonds is 6. The van der Waals surface area contributed by atoms with Crippen molar-refractivity contribution in [2.75, 3.05) is 12.4 Å². The SMILES string of the molecule is CCOC(=O)C1=C(NC(=O)CSc2nc3ccccc3c(=O)[nH]2)SC2CC(C)CCC12. The Balaban J connectivity index is 1.46. The number of aromatic nitrogens is 2. The molecule has 0 radical (unpaired) electrons. The average Bonchev–Trinajstić information content (AvgIpc) is 3.09. The van der Waals surface area contributed by atoms with Gasteiger partial charge in [-0.1, -0.05) is 37.2 Å². The minimum atomic E-state index is -0.333. The third kappa shape index (κ3) is 4.82. The van der Waals surface area contributed by atoms with E-state index in [9.17, 15) is 14.4 Å². The average molecular weight is 460 g/mol. The number of nitrogens with one attached hydrogen (secondary N) is 2. The molecule has 1 saturated carbocycles. The summed E-state index contributed by atoms with van der Waals surface area (Å²) in [5.74, 6) is 0.241. The lowest BCUT2D eigenvalue weighted by Gasteiger charge is -2.29. The van der Waals surface area contributed by atoms with Crippen molar-refractivity contribution >= 4 is 46.3 Å². The number of ether oxygens (including phenoxy) is 1. The van der Waals surface area contributed by atoms with Crippen molar-refractivity contribution in [1.82, 2.24) is 15.3 Å². The van der Waals surface area contributed by atoms with Crippen molar-refractivity contribution in [3.05, 3.63) is 45.2 Å². The summed E-state index contributed by atoms with van der Waals surface area (Å²) in [6, 6.07) is 7.08. The zero-order chi connectivity index (χ0) is 22.0. The zero-order valence-electron chi connectivity index (χ0n) is 17.5. The number of hydrogen-bond acceptors (Lipinski definition) is 7. The molecule has 1 aromatic carbocycles. The Labute approximate surface area is 188 Å². The summed E-state index contributed by atoms with van der Waals surface area (Å²) in [4.78, 5) is 44.6. The van der Waals surface area contributed by atoms with Crippen LogP contribution in [0.2, 0.25) is 0 Å². The van der Waals surface area contributed by atoms with Gasteiger partial charge in [0, 0.05) is 11.2 Å². The van der Waals surface area contributed by atoms with Gasteiger partial charge < -0.3 is 15.0 Å². The molecule has 9 heteroatoms. The lowest BCUT2D eigenvalue weighted by molar-refractivity contribution is -0.139. The van der Waals surface area contributed by atoms with Crippen molar-refractivity contribution in [3.63, 3.8) is 0 Å². The van der Waals surface area contributed by atoms with Crippen LogP contribution >= 0.6 is 23.5 Å². The Morgan fingerprint density at radius 1 is 1.32 bits per heavy atom. The number of thioether (sulfide) groups is 2. The third-order valence-corrected chi connectivity index (χ3v) is 7.87. The quantitative estimate of drug-likeness (QED) is 0.388. The van der Waals surface area contributed by atoms with Crippen LogP contribution < -0.4 is 10.9 Å². The predicted octanol–water partition coefficient (Wildman–Crippen LogP) is 3.46. The van der Waals surface area contributed by atoms with Crippen molar-refractivity contribution in [3.8, 4) is 0 Å². The highest BCUT2D eigenvalue weighted by Gasteiger charge is 2.43. The highest BCUT2D eigenvalue weighted by molar-refractivity contribution is 8.04. The van der Waals surface area contributed by atoms with E-state index in [1.54, 1.807) is 36.9 Å². The van der Waals surface area contributed by atoms with Gasteiger partial charge in [0.2, 0.25) is 5.91 Å². The second-order valence-corrected chi connectivity index (χ2v) is 10.1. The summed E-state index contributed by atoms with van der Waals surface area (Å²) in [7, 11) is 0. The van der Waals surface area contributed by atoms with Crippen LogP contribution in [-0.4, -0.2) is 39.5 Å². The number of H-pyrrole nitrogens is 1. The van der Waals surface area contributed by atoms with Crippen LogP contribution in [0.25, 0.3) is 10.9 Å². The van der Waals surface area contributed by atoms with Crippen LogP contribution in [0.4, 0.5) is 0 Å². The molecule has 1 fully saturated rings. The van der Waals surface area contributed by atoms with Crippen LogP contribution in [0, 0.1) is 11.8 Å². The molecule has 7 nitrogen and oxygen atoms in total. The van der Waals surface area contributed by atoms with E-state index in [1.807, 2.05) is 6.07 Å². The molecule has 3 unspecified atom stereocenters. The van der Waals surface area contributed by atoms with Crippen LogP contribution in [0.1, 0.15) is 33.1 Å². The van der Waals surface area contributed by atoms with Gasteiger partial charge >= 0.3 is 5.97 Å². The monoisotopic (exact) mass is 459 g/mol. The molecule has 31 heavy (non-hydrogen) atoms. The molecule has 1 aliphatic heterocycles. The van der Waals surface area contributed by atoms with E-state index in [0.29, 0.717) is 44.4 Å². The van der Waals surface area contributed by atoms with Crippen LogP contribution in [-0.2, 0) is 14.3 Å². The summed E-state index contributed by atoms with van der Waals surface area (Å²) < 4.78 is 5.28. The van der Waals surface area contributed by atoms with E-state index < -0.39 is 0 Å². The molecule has 3 atom stereocenters. The molecule has 2 aliphatic rings. The van der Waals surface area contributed by atoms with Gasteiger partial charge in [-0.05, 0) is 37.8 Å². The van der Waals surface area contributed by atoms with Gasteiger partial charge in [0.05, 0.1) is 33.9 Å². The molecule has 1 aromatic heterocycles. The fourth-order valence-electron chi connectivity index (χ4n) is 4.15. The maximum atomic E-state index is 12.7. The van der Waals surface area contributed by atoms with Gasteiger partial charge in [-0.25, -0.2) is 9.78 Å². The first-order valence-electron chi connectivity index (χ1n) is 10.5. The molecule has 1 amide bonds. The number of carbonyl (C=O) groups excluding carboxylic acids is 2. The molecule has 0 saturated heterocycles. The molecule has 4 rings (SSSR count). The van der Waals surface area contributed by atoms with E-state index in [0.717, 1.165) is 31.0 Å². The molecule has 2 aromatic rings. The first-order valence-corrected chi connectivity index (χ1v) is 12.3. The first-order chi connectivity index (χ1) is 15.0. The van der Waals surface area contributed by atoms with E-state index in [2.05, 4.69) is 22.2 Å². The first kappa shape index (κ1) is 22.0. The second kappa shape index (κ2) is 9.48. The number of para-hydroxylation sites is 1. The van der Waals surface area contributed by atoms with Crippen molar-refractivity contribution in [1.29, 1.82) is 0 Å². The molecule has 2 heterocycles. The summed E-state index contributed by atoms with van der Waals surface area (Å²) in [5, 5.41) is 4.74. The predicted molar refractivity (Wildman–Crippen MR) is 123 cm³/mol. The van der Waals surface area contributed by atoms with Crippen molar-refractivity contribution in [2.45, 2.75) is 43.5 Å². The number of amides is 1. The topological polar surface area (TPSA) is 101 Å². The fourth-order valence-corrected chi connectivity index (χ4v) is 6.52. The van der Waals surface area contributed by atoms with Gasteiger partial charge in [0.1, 0.15) is 0 Å². The highest BCUT2D eigenvalue weighted by Crippen LogP contribution is 2.49. The molecule has 2 N–H and O–H groups in total. The van der Waals surface area contributed by atoms with Gasteiger partial charge in [0.15, 0.2) is 5.16 Å². The number of nitrogens with zero attached hydrogens (tertiary/aromatic N) is 1. The molecular formula is C22H25N3O4S2. The molecule has 164 valence electrons. The molecule has 0 bridgehead atoms. The van der Waals surface area contributed by atoms with Crippen molar-refractivity contribution in [2.24, 2.45) is 11.8 Å². The van der Waals surface area contributed by atoms with E-state index in [4.69, 9.17) is 4.74 Å². The Hall–Kier alpha value is -2.26. The van der Waals surface area contributed by atoms with Gasteiger partial charge in [-0.2, -0.15) is 0 Å². The summed E-state index contributed by atoms with van der Waals surface area (Å²) >= 11 is 2.74. The Morgan fingerprint density at radius 3 is 2.94 bits per heavy atom. The Bertz CT molecular complexity index is 1100. The van der Waals surface area contributed by atoms with Crippen molar-refractivity contribution < 1.29 is 14.3 Å². The lowest BCUT2D eigenvalue weighted by Crippen LogP contribution is -2.28.